The monoisotopic (exact) mass is 499 g/mol. The van der Waals surface area contributed by atoms with E-state index >= 15 is 0 Å². The van der Waals surface area contributed by atoms with Crippen molar-refractivity contribution in [3.05, 3.63) is 62.6 Å². The fourth-order valence-corrected chi connectivity index (χ4v) is 6.30. The van der Waals surface area contributed by atoms with Gasteiger partial charge in [0.05, 0.1) is 15.7 Å². The molecule has 2 heterocycles. The number of para-hydroxylation sites is 1. The van der Waals surface area contributed by atoms with Crippen LogP contribution in [0.5, 0.6) is 0 Å². The largest absolute Gasteiger partial charge is 0.368 e. The molecule has 1 saturated carbocycles. The summed E-state index contributed by atoms with van der Waals surface area (Å²) < 4.78 is 0. The smallest absolute Gasteiger partial charge is 0.225 e. The molecule has 2 aromatic rings. The van der Waals surface area contributed by atoms with Gasteiger partial charge in [-0.25, -0.2) is 0 Å². The van der Waals surface area contributed by atoms with Gasteiger partial charge < -0.3 is 9.80 Å². The lowest BCUT2D eigenvalue weighted by molar-refractivity contribution is -0.136. The predicted molar refractivity (Wildman–Crippen MR) is 141 cm³/mol. The van der Waals surface area contributed by atoms with Gasteiger partial charge in [0.25, 0.3) is 0 Å². The maximum absolute atomic E-state index is 12.7. The first-order valence-corrected chi connectivity index (χ1v) is 13.4. The molecule has 3 fully saturated rings. The number of halogens is 2. The van der Waals surface area contributed by atoms with Gasteiger partial charge in [-0.3, -0.25) is 9.69 Å². The second-order valence-corrected chi connectivity index (χ2v) is 11.4. The molecule has 0 atom stereocenters. The molecular weight excluding hydrogens is 465 g/mol. The van der Waals surface area contributed by atoms with Gasteiger partial charge in [0.1, 0.15) is 0 Å². The highest BCUT2D eigenvalue weighted by Gasteiger charge is 2.35. The summed E-state index contributed by atoms with van der Waals surface area (Å²) in [4.78, 5) is 19.5. The molecule has 0 spiro atoms. The topological polar surface area (TPSA) is 26.8 Å². The standard InChI is InChI=1S/C28H35Cl2N3O/c1-18-13-21(22-15-33(16-22)27-25(29)5-4-6-26(27)30)14-19(2)24(18)17-32-11-9-20(10-12-32)28(34)31(3)23-7-8-23/h4-6,13-14,20,22-23H,7-12,15-17H2,1-3H3. The van der Waals surface area contributed by atoms with Crippen LogP contribution in [0.4, 0.5) is 5.69 Å². The van der Waals surface area contributed by atoms with E-state index in [2.05, 4.69) is 35.8 Å². The summed E-state index contributed by atoms with van der Waals surface area (Å²) in [5.41, 5.74) is 6.55. The highest BCUT2D eigenvalue weighted by molar-refractivity contribution is 6.39. The number of likely N-dealkylation sites (tertiary alicyclic amines) is 1. The van der Waals surface area contributed by atoms with E-state index in [9.17, 15) is 4.79 Å². The maximum atomic E-state index is 12.7. The van der Waals surface area contributed by atoms with Crippen molar-refractivity contribution in [3.8, 4) is 0 Å². The number of carbonyl (C=O) groups excluding carboxylic acids is 1. The van der Waals surface area contributed by atoms with Crippen LogP contribution in [0.15, 0.2) is 30.3 Å². The number of carbonyl (C=O) groups is 1. The SMILES string of the molecule is Cc1cc(C2CN(c3c(Cl)cccc3Cl)C2)cc(C)c1CN1CCC(C(=O)N(C)C2CC2)CC1. The number of nitrogens with zero attached hydrogens (tertiary/aromatic N) is 3. The number of hydrogen-bond acceptors (Lipinski definition) is 3. The van der Waals surface area contributed by atoms with Crippen LogP contribution in [0.1, 0.15) is 53.9 Å². The van der Waals surface area contributed by atoms with Crippen LogP contribution in [0.3, 0.4) is 0 Å². The first kappa shape index (κ1) is 24.0. The Morgan fingerprint density at radius 1 is 1.00 bits per heavy atom. The summed E-state index contributed by atoms with van der Waals surface area (Å²) in [6.45, 7) is 9.36. The van der Waals surface area contributed by atoms with Crippen molar-refractivity contribution in [2.45, 2.75) is 58.0 Å². The minimum Gasteiger partial charge on any atom is -0.368 e. The van der Waals surface area contributed by atoms with Crippen molar-refractivity contribution in [1.29, 1.82) is 0 Å². The molecule has 2 aliphatic heterocycles. The normalized spacial score (nSPS) is 19.9. The third-order valence-corrected chi connectivity index (χ3v) is 8.70. The second-order valence-electron chi connectivity index (χ2n) is 10.5. The van der Waals surface area contributed by atoms with Gasteiger partial charge in [0, 0.05) is 44.6 Å². The van der Waals surface area contributed by atoms with Crippen molar-refractivity contribution in [2.24, 2.45) is 5.92 Å². The third kappa shape index (κ3) is 4.82. The fourth-order valence-electron chi connectivity index (χ4n) is 5.67. The summed E-state index contributed by atoms with van der Waals surface area (Å²) in [6, 6.07) is 11.0. The van der Waals surface area contributed by atoms with Crippen LogP contribution in [-0.4, -0.2) is 55.0 Å². The van der Waals surface area contributed by atoms with E-state index < -0.39 is 0 Å². The number of benzene rings is 2. The maximum Gasteiger partial charge on any atom is 0.225 e. The summed E-state index contributed by atoms with van der Waals surface area (Å²) in [7, 11) is 1.99. The van der Waals surface area contributed by atoms with Crippen LogP contribution < -0.4 is 4.90 Å². The molecule has 0 bridgehead atoms. The zero-order valence-electron chi connectivity index (χ0n) is 20.5. The highest BCUT2D eigenvalue weighted by Crippen LogP contribution is 2.40. The summed E-state index contributed by atoms with van der Waals surface area (Å²) in [5, 5.41) is 1.44. The van der Waals surface area contributed by atoms with Crippen LogP contribution >= 0.6 is 23.2 Å². The number of aryl methyl sites for hydroxylation is 2. The van der Waals surface area contributed by atoms with Gasteiger partial charge in [-0.05, 0) is 87.0 Å². The molecule has 182 valence electrons. The van der Waals surface area contributed by atoms with Gasteiger partial charge in [0.2, 0.25) is 5.91 Å². The average molecular weight is 501 g/mol. The molecule has 0 radical (unpaired) electrons. The van der Waals surface area contributed by atoms with Gasteiger partial charge in [-0.15, -0.1) is 0 Å². The lowest BCUT2D eigenvalue weighted by atomic mass is 9.86. The number of amides is 1. The predicted octanol–water partition coefficient (Wildman–Crippen LogP) is 6.05. The molecule has 5 rings (SSSR count). The summed E-state index contributed by atoms with van der Waals surface area (Å²) >= 11 is 12.8. The molecule has 4 nitrogen and oxygen atoms in total. The average Bonchev–Trinajstić information content (AvgIpc) is 3.62. The zero-order chi connectivity index (χ0) is 24.0. The van der Waals surface area contributed by atoms with E-state index in [0.29, 0.717) is 17.9 Å². The van der Waals surface area contributed by atoms with Gasteiger partial charge in [-0.1, -0.05) is 41.4 Å². The van der Waals surface area contributed by atoms with Crippen molar-refractivity contribution >= 4 is 34.8 Å². The summed E-state index contributed by atoms with van der Waals surface area (Å²) in [5.74, 6) is 1.08. The second kappa shape index (κ2) is 9.72. The molecule has 1 amide bonds. The Hall–Kier alpha value is -1.75. The van der Waals surface area contributed by atoms with Gasteiger partial charge >= 0.3 is 0 Å². The Labute approximate surface area is 213 Å². The molecule has 2 aromatic carbocycles. The van der Waals surface area contributed by atoms with Crippen LogP contribution in [0.25, 0.3) is 0 Å². The van der Waals surface area contributed by atoms with Gasteiger partial charge in [0.15, 0.2) is 0 Å². The number of hydrogen-bond donors (Lipinski definition) is 0. The third-order valence-electron chi connectivity index (χ3n) is 8.09. The molecular formula is C28H35Cl2N3O. The van der Waals surface area contributed by atoms with Crippen molar-refractivity contribution < 1.29 is 4.79 Å². The Morgan fingerprint density at radius 3 is 2.15 bits per heavy atom. The Bertz CT molecular complexity index is 1030. The quantitative estimate of drug-likeness (QED) is 0.484. The van der Waals surface area contributed by atoms with Crippen LogP contribution in [-0.2, 0) is 11.3 Å². The van der Waals surface area contributed by atoms with Crippen molar-refractivity contribution in [3.63, 3.8) is 0 Å². The Balaban J connectivity index is 1.18. The molecule has 3 aliphatic rings. The van der Waals surface area contributed by atoms with E-state index in [1.165, 1.54) is 35.1 Å². The lowest BCUT2D eigenvalue weighted by Crippen LogP contribution is -2.45. The fraction of sp³-hybridized carbons (Fsp3) is 0.536. The molecule has 0 N–H and O–H groups in total. The minimum atomic E-state index is 0.208. The van der Waals surface area contributed by atoms with Crippen LogP contribution in [0, 0.1) is 19.8 Å². The van der Waals surface area contributed by atoms with E-state index in [1.54, 1.807) is 0 Å². The highest BCUT2D eigenvalue weighted by atomic mass is 35.5. The van der Waals surface area contributed by atoms with Crippen molar-refractivity contribution in [1.82, 2.24) is 9.80 Å². The molecule has 2 saturated heterocycles. The summed E-state index contributed by atoms with van der Waals surface area (Å²) in [6.07, 6.45) is 4.33. The zero-order valence-corrected chi connectivity index (χ0v) is 22.0. The van der Waals surface area contributed by atoms with Crippen LogP contribution in [0.2, 0.25) is 10.0 Å². The minimum absolute atomic E-state index is 0.208. The molecule has 0 aromatic heterocycles. The lowest BCUT2D eigenvalue weighted by Gasteiger charge is -2.42. The number of piperidine rings is 1. The molecule has 0 unspecified atom stereocenters. The first-order chi connectivity index (χ1) is 16.3. The van der Waals surface area contributed by atoms with Gasteiger partial charge in [-0.2, -0.15) is 0 Å². The first-order valence-electron chi connectivity index (χ1n) is 12.6. The van der Waals surface area contributed by atoms with E-state index in [4.69, 9.17) is 23.2 Å². The Morgan fingerprint density at radius 2 is 1.59 bits per heavy atom. The number of anilines is 1. The van der Waals surface area contributed by atoms with E-state index in [0.717, 1.165) is 61.3 Å². The molecule has 6 heteroatoms. The number of rotatable bonds is 6. The Kier molecular flexibility index (Phi) is 6.85. The van der Waals surface area contributed by atoms with E-state index in [-0.39, 0.29) is 5.92 Å². The van der Waals surface area contributed by atoms with E-state index in [1.807, 2.05) is 30.1 Å². The molecule has 1 aliphatic carbocycles. The van der Waals surface area contributed by atoms with Crippen molar-refractivity contribution in [2.75, 3.05) is 38.1 Å². The molecule has 34 heavy (non-hydrogen) atoms.